The van der Waals surface area contributed by atoms with Gasteiger partial charge in [0.1, 0.15) is 0 Å². The quantitative estimate of drug-likeness (QED) is 0.664. The maximum Gasteiger partial charge on any atom is 0.311 e. The summed E-state index contributed by atoms with van der Waals surface area (Å²) in [4.78, 5) is 15.6. The summed E-state index contributed by atoms with van der Waals surface area (Å²) in [7, 11) is 0. The van der Waals surface area contributed by atoms with Crippen LogP contribution in [0, 0.1) is 10.1 Å². The maximum absolute atomic E-state index is 10.8. The molecule has 2 rings (SSSR count). The molecule has 18 heavy (non-hydrogen) atoms. The van der Waals surface area contributed by atoms with E-state index in [-0.39, 0.29) is 5.69 Å². The minimum atomic E-state index is -0.426. The lowest BCUT2D eigenvalue weighted by Crippen LogP contribution is -2.04. The smallest absolute Gasteiger partial charge is 0.311 e. The number of aromatic nitrogens is 1. The molecule has 94 valence electrons. The highest BCUT2D eigenvalue weighted by atomic mass is 32.1. The van der Waals surface area contributed by atoms with Crippen molar-refractivity contribution in [1.29, 1.82) is 0 Å². The SMILES string of the molecule is CCc1ccsc1CNc1ncccc1[N+](=O)[O-]. The van der Waals surface area contributed by atoms with Crippen molar-refractivity contribution < 1.29 is 4.92 Å². The molecule has 0 atom stereocenters. The highest BCUT2D eigenvalue weighted by molar-refractivity contribution is 7.10. The Hall–Kier alpha value is -1.95. The van der Waals surface area contributed by atoms with E-state index in [4.69, 9.17) is 0 Å². The molecule has 0 unspecified atom stereocenters. The predicted molar refractivity (Wildman–Crippen MR) is 71.9 cm³/mol. The van der Waals surface area contributed by atoms with E-state index >= 15 is 0 Å². The molecule has 0 aromatic carbocycles. The normalized spacial score (nSPS) is 10.3. The zero-order chi connectivity index (χ0) is 13.0. The number of hydrogen-bond donors (Lipinski definition) is 1. The van der Waals surface area contributed by atoms with Crippen LogP contribution in [0.25, 0.3) is 0 Å². The molecule has 0 spiro atoms. The molecule has 5 nitrogen and oxygen atoms in total. The van der Waals surface area contributed by atoms with Crippen LogP contribution in [0.2, 0.25) is 0 Å². The van der Waals surface area contributed by atoms with Gasteiger partial charge in [-0.1, -0.05) is 6.92 Å². The third-order valence-corrected chi connectivity index (χ3v) is 3.58. The fourth-order valence-corrected chi connectivity index (χ4v) is 2.60. The molecule has 2 aromatic heterocycles. The highest BCUT2D eigenvalue weighted by Crippen LogP contribution is 2.23. The van der Waals surface area contributed by atoms with Gasteiger partial charge in [0.2, 0.25) is 5.82 Å². The molecule has 0 saturated heterocycles. The van der Waals surface area contributed by atoms with Gasteiger partial charge in [-0.25, -0.2) is 4.98 Å². The van der Waals surface area contributed by atoms with Crippen molar-refractivity contribution in [2.24, 2.45) is 0 Å². The molecule has 0 radical (unpaired) electrons. The van der Waals surface area contributed by atoms with Crippen LogP contribution >= 0.6 is 11.3 Å². The maximum atomic E-state index is 10.8. The lowest BCUT2D eigenvalue weighted by atomic mass is 10.2. The monoisotopic (exact) mass is 263 g/mol. The Labute approximate surface area is 109 Å². The summed E-state index contributed by atoms with van der Waals surface area (Å²) in [5.74, 6) is 0.318. The molecule has 0 aliphatic heterocycles. The van der Waals surface area contributed by atoms with Crippen molar-refractivity contribution in [2.45, 2.75) is 19.9 Å². The Morgan fingerprint density at radius 1 is 1.50 bits per heavy atom. The first-order valence-electron chi connectivity index (χ1n) is 5.61. The van der Waals surface area contributed by atoms with Crippen LogP contribution < -0.4 is 5.32 Å². The second kappa shape index (κ2) is 5.59. The average molecular weight is 263 g/mol. The third kappa shape index (κ3) is 2.65. The number of nitro groups is 1. The largest absolute Gasteiger partial charge is 0.359 e. The average Bonchev–Trinajstić information content (AvgIpc) is 2.84. The van der Waals surface area contributed by atoms with Gasteiger partial charge in [0, 0.05) is 17.1 Å². The van der Waals surface area contributed by atoms with E-state index in [2.05, 4.69) is 23.3 Å². The lowest BCUT2D eigenvalue weighted by molar-refractivity contribution is -0.384. The van der Waals surface area contributed by atoms with Gasteiger partial charge in [-0.2, -0.15) is 0 Å². The molecular formula is C12H13N3O2S. The Morgan fingerprint density at radius 3 is 3.06 bits per heavy atom. The Kier molecular flexibility index (Phi) is 3.88. The van der Waals surface area contributed by atoms with Gasteiger partial charge in [-0.05, 0) is 29.5 Å². The number of anilines is 1. The number of rotatable bonds is 5. The van der Waals surface area contributed by atoms with Crippen LogP contribution in [0.1, 0.15) is 17.4 Å². The second-order valence-electron chi connectivity index (χ2n) is 3.70. The summed E-state index contributed by atoms with van der Waals surface area (Å²) < 4.78 is 0. The number of nitrogens with zero attached hydrogens (tertiary/aromatic N) is 2. The van der Waals surface area contributed by atoms with Gasteiger partial charge in [0.15, 0.2) is 0 Å². The first-order valence-corrected chi connectivity index (χ1v) is 6.49. The van der Waals surface area contributed by atoms with Crippen molar-refractivity contribution in [2.75, 3.05) is 5.32 Å². The van der Waals surface area contributed by atoms with Gasteiger partial charge >= 0.3 is 5.69 Å². The molecule has 1 N–H and O–H groups in total. The van der Waals surface area contributed by atoms with E-state index in [9.17, 15) is 10.1 Å². The fraction of sp³-hybridized carbons (Fsp3) is 0.250. The summed E-state index contributed by atoms with van der Waals surface area (Å²) >= 11 is 1.65. The lowest BCUT2D eigenvalue weighted by Gasteiger charge is -2.05. The fourth-order valence-electron chi connectivity index (χ4n) is 1.68. The zero-order valence-corrected chi connectivity index (χ0v) is 10.7. The zero-order valence-electron chi connectivity index (χ0n) is 9.92. The Morgan fingerprint density at radius 2 is 2.33 bits per heavy atom. The van der Waals surface area contributed by atoms with Gasteiger partial charge in [0.25, 0.3) is 0 Å². The summed E-state index contributed by atoms with van der Waals surface area (Å²) in [5, 5.41) is 15.9. The van der Waals surface area contributed by atoms with Gasteiger partial charge in [-0.15, -0.1) is 11.3 Å². The first kappa shape index (κ1) is 12.5. The van der Waals surface area contributed by atoms with Crippen molar-refractivity contribution in [3.05, 3.63) is 50.3 Å². The molecule has 0 aliphatic rings. The minimum Gasteiger partial charge on any atom is -0.359 e. The van der Waals surface area contributed by atoms with E-state index < -0.39 is 4.92 Å². The van der Waals surface area contributed by atoms with Crippen molar-refractivity contribution in [3.63, 3.8) is 0 Å². The molecule has 0 saturated carbocycles. The van der Waals surface area contributed by atoms with Crippen LogP contribution in [0.15, 0.2) is 29.8 Å². The predicted octanol–water partition coefficient (Wildman–Crippen LogP) is 3.23. The molecule has 0 amide bonds. The number of nitrogens with one attached hydrogen (secondary N) is 1. The van der Waals surface area contributed by atoms with Gasteiger partial charge in [0.05, 0.1) is 11.5 Å². The van der Waals surface area contributed by atoms with Crippen LogP contribution in [0.4, 0.5) is 11.5 Å². The first-order chi connectivity index (χ1) is 8.72. The standard InChI is InChI=1S/C12H13N3O2S/c1-2-9-5-7-18-11(9)8-14-12-10(15(16)17)4-3-6-13-12/h3-7H,2,8H2,1H3,(H,13,14). The van der Waals surface area contributed by atoms with Gasteiger partial charge < -0.3 is 5.32 Å². The molecule has 0 aliphatic carbocycles. The van der Waals surface area contributed by atoms with E-state index in [1.807, 2.05) is 5.38 Å². The number of pyridine rings is 1. The van der Waals surface area contributed by atoms with Crippen LogP contribution in [0.3, 0.4) is 0 Å². The van der Waals surface area contributed by atoms with E-state index in [0.29, 0.717) is 12.4 Å². The van der Waals surface area contributed by atoms with Crippen molar-refractivity contribution >= 4 is 22.8 Å². The molecule has 2 aromatic rings. The summed E-state index contributed by atoms with van der Waals surface area (Å²) in [6, 6.07) is 5.09. The van der Waals surface area contributed by atoms with Crippen molar-refractivity contribution in [3.8, 4) is 0 Å². The second-order valence-corrected chi connectivity index (χ2v) is 4.71. The van der Waals surface area contributed by atoms with E-state index in [1.165, 1.54) is 16.5 Å². The van der Waals surface area contributed by atoms with E-state index in [1.54, 1.807) is 23.6 Å². The number of hydrogen-bond acceptors (Lipinski definition) is 5. The number of thiophene rings is 1. The molecular weight excluding hydrogens is 250 g/mol. The Bertz CT molecular complexity index is 554. The van der Waals surface area contributed by atoms with Crippen LogP contribution in [-0.2, 0) is 13.0 Å². The highest BCUT2D eigenvalue weighted by Gasteiger charge is 2.14. The van der Waals surface area contributed by atoms with Crippen molar-refractivity contribution in [1.82, 2.24) is 4.98 Å². The summed E-state index contributed by atoms with van der Waals surface area (Å²) in [6.07, 6.45) is 2.51. The summed E-state index contributed by atoms with van der Waals surface area (Å²) in [6.45, 7) is 2.66. The van der Waals surface area contributed by atoms with Crippen LogP contribution in [0.5, 0.6) is 0 Å². The summed E-state index contributed by atoms with van der Waals surface area (Å²) in [5.41, 5.74) is 1.28. The molecule has 0 fully saturated rings. The minimum absolute atomic E-state index is 0.00658. The number of aryl methyl sites for hydroxylation is 1. The topological polar surface area (TPSA) is 68.1 Å². The van der Waals surface area contributed by atoms with Gasteiger partial charge in [-0.3, -0.25) is 10.1 Å². The van der Waals surface area contributed by atoms with E-state index in [0.717, 1.165) is 6.42 Å². The third-order valence-electron chi connectivity index (χ3n) is 2.62. The molecule has 6 heteroatoms. The molecule has 0 bridgehead atoms. The van der Waals surface area contributed by atoms with Crippen LogP contribution in [-0.4, -0.2) is 9.91 Å². The Balaban J connectivity index is 2.13. The molecule has 2 heterocycles.